The van der Waals surface area contributed by atoms with E-state index in [1.54, 1.807) is 6.20 Å². The van der Waals surface area contributed by atoms with Gasteiger partial charge in [-0.25, -0.2) is 0 Å². The number of hydrogen-bond acceptors (Lipinski definition) is 3. The van der Waals surface area contributed by atoms with E-state index in [0.717, 1.165) is 22.6 Å². The number of halogens is 1. The molecule has 0 fully saturated rings. The molecule has 0 aliphatic rings. The number of pyridine rings is 1. The van der Waals surface area contributed by atoms with Crippen molar-refractivity contribution in [2.24, 2.45) is 5.84 Å². The first-order valence-electron chi connectivity index (χ1n) is 5.40. The van der Waals surface area contributed by atoms with E-state index in [1.165, 1.54) is 0 Å². The molecule has 0 spiro atoms. The predicted octanol–water partition coefficient (Wildman–Crippen LogP) is 2.48. The molecule has 0 amide bonds. The lowest BCUT2D eigenvalue weighted by molar-refractivity contribution is 0.551. The number of benzene rings is 1. The molecule has 1 unspecified atom stereocenters. The molecule has 0 saturated heterocycles. The summed E-state index contributed by atoms with van der Waals surface area (Å²) >= 11 is 6.15. The second-order valence-corrected chi connectivity index (χ2v) is 4.21. The summed E-state index contributed by atoms with van der Waals surface area (Å²) in [6.45, 7) is 0. The van der Waals surface area contributed by atoms with Crippen molar-refractivity contribution in [1.82, 2.24) is 10.4 Å². The van der Waals surface area contributed by atoms with Crippen molar-refractivity contribution >= 4 is 11.6 Å². The van der Waals surface area contributed by atoms with Gasteiger partial charge in [-0.3, -0.25) is 16.3 Å². The first-order valence-corrected chi connectivity index (χ1v) is 5.78. The highest BCUT2D eigenvalue weighted by atomic mass is 35.5. The molecule has 1 atom stereocenters. The van der Waals surface area contributed by atoms with Crippen LogP contribution in [0.5, 0.6) is 0 Å². The average Bonchev–Trinajstić information content (AvgIpc) is 2.38. The van der Waals surface area contributed by atoms with Gasteiger partial charge in [-0.1, -0.05) is 35.9 Å². The molecule has 2 aromatic rings. The second-order valence-electron chi connectivity index (χ2n) is 3.81. The smallest absolute Gasteiger partial charge is 0.0515 e. The van der Waals surface area contributed by atoms with Crippen LogP contribution in [-0.2, 0) is 6.42 Å². The van der Waals surface area contributed by atoms with Gasteiger partial charge in [-0.05, 0) is 29.7 Å². The van der Waals surface area contributed by atoms with Gasteiger partial charge in [0, 0.05) is 17.4 Å². The van der Waals surface area contributed by atoms with Gasteiger partial charge in [0.05, 0.1) is 6.04 Å². The van der Waals surface area contributed by atoms with Gasteiger partial charge in [0.1, 0.15) is 0 Å². The van der Waals surface area contributed by atoms with Gasteiger partial charge >= 0.3 is 0 Å². The molecule has 0 aliphatic heterocycles. The van der Waals surface area contributed by atoms with Crippen molar-refractivity contribution in [3.63, 3.8) is 0 Å². The van der Waals surface area contributed by atoms with Crippen LogP contribution in [0.25, 0.3) is 0 Å². The number of nitrogens with one attached hydrogen (secondary N) is 1. The van der Waals surface area contributed by atoms with Crippen LogP contribution < -0.4 is 11.3 Å². The number of rotatable bonds is 4. The van der Waals surface area contributed by atoms with Gasteiger partial charge < -0.3 is 0 Å². The van der Waals surface area contributed by atoms with E-state index in [9.17, 15) is 0 Å². The van der Waals surface area contributed by atoms with Crippen molar-refractivity contribution in [3.8, 4) is 0 Å². The number of nitrogens with two attached hydrogens (primary N) is 1. The van der Waals surface area contributed by atoms with E-state index >= 15 is 0 Å². The first kappa shape index (κ1) is 12.0. The van der Waals surface area contributed by atoms with Gasteiger partial charge in [0.25, 0.3) is 0 Å². The van der Waals surface area contributed by atoms with Crippen LogP contribution in [0.2, 0.25) is 5.02 Å². The molecule has 2 rings (SSSR count). The van der Waals surface area contributed by atoms with Crippen LogP contribution >= 0.6 is 11.6 Å². The number of hydrazine groups is 1. The molecule has 3 N–H and O–H groups in total. The van der Waals surface area contributed by atoms with Crippen molar-refractivity contribution in [2.75, 3.05) is 0 Å². The Morgan fingerprint density at radius 1 is 1.24 bits per heavy atom. The SMILES string of the molecule is NNC(Cc1cccnc1)c1ccccc1Cl. The monoisotopic (exact) mass is 247 g/mol. The molecule has 0 radical (unpaired) electrons. The molecule has 88 valence electrons. The van der Waals surface area contributed by atoms with E-state index < -0.39 is 0 Å². The molecular formula is C13H14ClN3. The lowest BCUT2D eigenvalue weighted by Crippen LogP contribution is -2.29. The minimum atomic E-state index is -0.00657. The molecule has 4 heteroatoms. The van der Waals surface area contributed by atoms with E-state index in [2.05, 4.69) is 10.4 Å². The lowest BCUT2D eigenvalue weighted by atomic mass is 10.0. The third-order valence-corrected chi connectivity index (χ3v) is 2.99. The maximum absolute atomic E-state index is 6.15. The molecule has 1 aromatic carbocycles. The predicted molar refractivity (Wildman–Crippen MR) is 69.5 cm³/mol. The van der Waals surface area contributed by atoms with Crippen molar-refractivity contribution in [3.05, 3.63) is 64.9 Å². The summed E-state index contributed by atoms with van der Waals surface area (Å²) in [6, 6.07) is 11.6. The second kappa shape index (κ2) is 5.77. The third-order valence-electron chi connectivity index (χ3n) is 2.64. The van der Waals surface area contributed by atoms with Crippen LogP contribution in [0.15, 0.2) is 48.8 Å². The van der Waals surface area contributed by atoms with Crippen LogP contribution in [0.1, 0.15) is 17.2 Å². The van der Waals surface area contributed by atoms with Crippen LogP contribution in [0.4, 0.5) is 0 Å². The summed E-state index contributed by atoms with van der Waals surface area (Å²) in [5.74, 6) is 5.59. The molecule has 17 heavy (non-hydrogen) atoms. The number of nitrogens with zero attached hydrogens (tertiary/aromatic N) is 1. The maximum Gasteiger partial charge on any atom is 0.0515 e. The summed E-state index contributed by atoms with van der Waals surface area (Å²) in [7, 11) is 0. The number of hydrogen-bond donors (Lipinski definition) is 2. The molecule has 1 aromatic heterocycles. The highest BCUT2D eigenvalue weighted by molar-refractivity contribution is 6.31. The van der Waals surface area contributed by atoms with Crippen LogP contribution in [0, 0.1) is 0 Å². The van der Waals surface area contributed by atoms with Gasteiger partial charge in [0.15, 0.2) is 0 Å². The fourth-order valence-corrected chi connectivity index (χ4v) is 2.04. The van der Waals surface area contributed by atoms with Gasteiger partial charge in [-0.15, -0.1) is 0 Å². The highest BCUT2D eigenvalue weighted by Crippen LogP contribution is 2.24. The van der Waals surface area contributed by atoms with Gasteiger partial charge in [-0.2, -0.15) is 0 Å². The van der Waals surface area contributed by atoms with E-state index in [-0.39, 0.29) is 6.04 Å². The minimum Gasteiger partial charge on any atom is -0.271 e. The first-order chi connectivity index (χ1) is 8.31. The Kier molecular flexibility index (Phi) is 4.09. The molecule has 0 aliphatic carbocycles. The molecular weight excluding hydrogens is 234 g/mol. The Morgan fingerprint density at radius 3 is 2.71 bits per heavy atom. The zero-order valence-electron chi connectivity index (χ0n) is 9.31. The minimum absolute atomic E-state index is 0.00657. The Bertz CT molecular complexity index is 473. The van der Waals surface area contributed by atoms with Crippen LogP contribution in [-0.4, -0.2) is 4.98 Å². The zero-order chi connectivity index (χ0) is 12.1. The average molecular weight is 248 g/mol. The summed E-state index contributed by atoms with van der Waals surface area (Å²) in [5.41, 5.74) is 4.92. The Morgan fingerprint density at radius 2 is 2.06 bits per heavy atom. The van der Waals surface area contributed by atoms with E-state index in [0.29, 0.717) is 0 Å². The Hall–Kier alpha value is -1.42. The number of aromatic nitrogens is 1. The summed E-state index contributed by atoms with van der Waals surface area (Å²) in [4.78, 5) is 4.09. The Labute approximate surface area is 106 Å². The molecule has 0 saturated carbocycles. The summed E-state index contributed by atoms with van der Waals surface area (Å²) < 4.78 is 0. The Balaban J connectivity index is 2.21. The van der Waals surface area contributed by atoms with E-state index in [4.69, 9.17) is 17.4 Å². The van der Waals surface area contributed by atoms with Crippen LogP contribution in [0.3, 0.4) is 0 Å². The fraction of sp³-hybridized carbons (Fsp3) is 0.154. The van der Waals surface area contributed by atoms with Gasteiger partial charge in [0.2, 0.25) is 0 Å². The zero-order valence-corrected chi connectivity index (χ0v) is 10.1. The quantitative estimate of drug-likeness (QED) is 0.645. The van der Waals surface area contributed by atoms with Crippen molar-refractivity contribution in [1.29, 1.82) is 0 Å². The standard InChI is InChI=1S/C13H14ClN3/c14-12-6-2-1-5-11(12)13(17-15)8-10-4-3-7-16-9-10/h1-7,9,13,17H,8,15H2. The highest BCUT2D eigenvalue weighted by Gasteiger charge is 2.13. The third kappa shape index (κ3) is 3.03. The summed E-state index contributed by atoms with van der Waals surface area (Å²) in [6.07, 6.45) is 4.35. The maximum atomic E-state index is 6.15. The molecule has 0 bridgehead atoms. The molecule has 1 heterocycles. The largest absolute Gasteiger partial charge is 0.271 e. The molecule has 3 nitrogen and oxygen atoms in total. The summed E-state index contributed by atoms with van der Waals surface area (Å²) in [5, 5.41) is 0.722. The van der Waals surface area contributed by atoms with Crippen molar-refractivity contribution < 1.29 is 0 Å². The van der Waals surface area contributed by atoms with Crippen molar-refractivity contribution in [2.45, 2.75) is 12.5 Å². The lowest BCUT2D eigenvalue weighted by Gasteiger charge is -2.17. The normalized spacial score (nSPS) is 12.4. The fourth-order valence-electron chi connectivity index (χ4n) is 1.77. The topological polar surface area (TPSA) is 50.9 Å². The van der Waals surface area contributed by atoms with E-state index in [1.807, 2.05) is 42.6 Å².